The number of likely N-dealkylation sites (tertiary alicyclic amines) is 1. The van der Waals surface area contributed by atoms with Crippen molar-refractivity contribution in [3.63, 3.8) is 0 Å². The van der Waals surface area contributed by atoms with Crippen LogP contribution in [0, 0.1) is 23.2 Å². The van der Waals surface area contributed by atoms with Crippen LogP contribution in [0.4, 0.5) is 0 Å². The molecule has 0 spiro atoms. The van der Waals surface area contributed by atoms with Crippen LogP contribution in [-0.4, -0.2) is 48.9 Å². The van der Waals surface area contributed by atoms with E-state index in [2.05, 4.69) is 16.8 Å². The minimum Gasteiger partial charge on any atom is -0.344 e. The average Bonchev–Trinajstić information content (AvgIpc) is 2.51. The summed E-state index contributed by atoms with van der Waals surface area (Å²) in [5.41, 5.74) is 0.0470. The van der Waals surface area contributed by atoms with Crippen molar-refractivity contribution in [3.05, 3.63) is 0 Å². The summed E-state index contributed by atoms with van der Waals surface area (Å²) < 4.78 is 0. The molecule has 3 heteroatoms. The number of hydrogen-bond acceptors (Lipinski definition) is 2. The van der Waals surface area contributed by atoms with Crippen molar-refractivity contribution in [2.45, 2.75) is 57.8 Å². The molecule has 0 radical (unpaired) electrons. The van der Waals surface area contributed by atoms with Gasteiger partial charge in [0.15, 0.2) is 0 Å². The van der Waals surface area contributed by atoms with Gasteiger partial charge in [0, 0.05) is 20.1 Å². The lowest BCUT2D eigenvalue weighted by atomic mass is 9.49. The molecule has 1 heterocycles. The maximum Gasteiger partial charge on any atom is 0.228 e. The molecule has 0 aromatic rings. The molecule has 1 saturated heterocycles. The first-order valence-corrected chi connectivity index (χ1v) is 9.62. The molecule has 0 aromatic carbocycles. The maximum atomic E-state index is 13.2. The van der Waals surface area contributed by atoms with Gasteiger partial charge >= 0.3 is 0 Å². The molecular weight excluding hydrogens is 272 g/mol. The van der Waals surface area contributed by atoms with Crippen LogP contribution < -0.4 is 0 Å². The number of hydrogen-bond donors (Lipinski definition) is 0. The zero-order valence-electron chi connectivity index (χ0n) is 14.2. The third-order valence-corrected chi connectivity index (χ3v) is 7.04. The number of likely N-dealkylation sites (N-methyl/N-ethyl adjacent to an activating group) is 1. The molecule has 4 aliphatic carbocycles. The lowest BCUT2D eigenvalue weighted by molar-refractivity contribution is -0.156. The van der Waals surface area contributed by atoms with Gasteiger partial charge in [0.2, 0.25) is 5.91 Å². The molecule has 3 nitrogen and oxygen atoms in total. The summed E-state index contributed by atoms with van der Waals surface area (Å²) in [7, 11) is 2.06. The van der Waals surface area contributed by atoms with E-state index in [9.17, 15) is 4.79 Å². The summed E-state index contributed by atoms with van der Waals surface area (Å²) in [6, 6.07) is 0. The molecule has 0 atom stereocenters. The van der Waals surface area contributed by atoms with Crippen molar-refractivity contribution in [3.8, 4) is 0 Å². The molecule has 22 heavy (non-hydrogen) atoms. The smallest absolute Gasteiger partial charge is 0.228 e. The minimum atomic E-state index is 0.0470. The highest BCUT2D eigenvalue weighted by Crippen LogP contribution is 2.60. The Balaban J connectivity index is 1.36. The molecule has 0 unspecified atom stereocenters. The van der Waals surface area contributed by atoms with Crippen LogP contribution in [0.25, 0.3) is 0 Å². The fourth-order valence-corrected chi connectivity index (χ4v) is 6.35. The van der Waals surface area contributed by atoms with E-state index in [0.29, 0.717) is 5.91 Å². The molecule has 1 amide bonds. The summed E-state index contributed by atoms with van der Waals surface area (Å²) in [6.45, 7) is 4.48. The second kappa shape index (κ2) is 5.81. The SMILES string of the molecule is CN(CCN1CCCCC1)C(=O)C12CC3CC(CC(C3)C1)C2. The second-order valence-corrected chi connectivity index (χ2v) is 8.83. The lowest BCUT2D eigenvalue weighted by Gasteiger charge is -2.56. The van der Waals surface area contributed by atoms with E-state index in [-0.39, 0.29) is 5.41 Å². The van der Waals surface area contributed by atoms with Crippen molar-refractivity contribution in [1.29, 1.82) is 0 Å². The number of amides is 1. The molecule has 5 fully saturated rings. The Labute approximate surface area is 135 Å². The number of nitrogens with zero attached hydrogens (tertiary/aromatic N) is 2. The monoisotopic (exact) mass is 304 g/mol. The molecule has 0 aromatic heterocycles. The zero-order valence-corrected chi connectivity index (χ0v) is 14.2. The van der Waals surface area contributed by atoms with Crippen molar-refractivity contribution >= 4 is 5.91 Å². The van der Waals surface area contributed by atoms with Gasteiger partial charge in [-0.05, 0) is 82.2 Å². The van der Waals surface area contributed by atoms with Gasteiger partial charge in [-0.2, -0.15) is 0 Å². The fraction of sp³-hybridized carbons (Fsp3) is 0.947. The van der Waals surface area contributed by atoms with Gasteiger partial charge in [-0.3, -0.25) is 4.79 Å². The molecule has 4 bridgehead atoms. The first-order valence-electron chi connectivity index (χ1n) is 9.62. The van der Waals surface area contributed by atoms with Gasteiger partial charge in [0.25, 0.3) is 0 Å². The Kier molecular flexibility index (Phi) is 3.96. The van der Waals surface area contributed by atoms with Gasteiger partial charge in [-0.25, -0.2) is 0 Å². The van der Waals surface area contributed by atoms with E-state index in [1.807, 2.05) is 0 Å². The van der Waals surface area contributed by atoms with E-state index in [1.54, 1.807) is 0 Å². The van der Waals surface area contributed by atoms with Crippen LogP contribution in [0.2, 0.25) is 0 Å². The number of rotatable bonds is 4. The summed E-state index contributed by atoms with van der Waals surface area (Å²) in [6.07, 6.45) is 11.9. The van der Waals surface area contributed by atoms with E-state index in [0.717, 1.165) is 30.8 Å². The van der Waals surface area contributed by atoms with Crippen LogP contribution in [0.1, 0.15) is 57.8 Å². The molecular formula is C19H32N2O. The van der Waals surface area contributed by atoms with Crippen LogP contribution in [0.3, 0.4) is 0 Å². The molecule has 5 rings (SSSR count). The number of piperidine rings is 1. The highest BCUT2D eigenvalue weighted by Gasteiger charge is 2.55. The van der Waals surface area contributed by atoms with E-state index < -0.39 is 0 Å². The first-order chi connectivity index (χ1) is 10.6. The average molecular weight is 304 g/mol. The molecule has 0 N–H and O–H groups in total. The van der Waals surface area contributed by atoms with Gasteiger partial charge in [0.1, 0.15) is 0 Å². The zero-order chi connectivity index (χ0) is 15.2. The quantitative estimate of drug-likeness (QED) is 0.796. The predicted octanol–water partition coefficient (Wildman–Crippen LogP) is 3.15. The first kappa shape index (κ1) is 15.0. The highest BCUT2D eigenvalue weighted by molar-refractivity contribution is 5.83. The van der Waals surface area contributed by atoms with E-state index >= 15 is 0 Å². The van der Waals surface area contributed by atoms with Gasteiger partial charge in [-0.15, -0.1) is 0 Å². The Morgan fingerprint density at radius 1 is 1.00 bits per heavy atom. The molecule has 1 aliphatic heterocycles. The maximum absolute atomic E-state index is 13.2. The summed E-state index contributed by atoms with van der Waals surface area (Å²) >= 11 is 0. The van der Waals surface area contributed by atoms with E-state index in [1.165, 1.54) is 70.9 Å². The number of carbonyl (C=O) groups is 1. The number of carbonyl (C=O) groups excluding carboxylic acids is 1. The van der Waals surface area contributed by atoms with Gasteiger partial charge in [0.05, 0.1) is 5.41 Å². The predicted molar refractivity (Wildman–Crippen MR) is 88.5 cm³/mol. The summed E-state index contributed by atoms with van der Waals surface area (Å²) in [4.78, 5) is 17.8. The van der Waals surface area contributed by atoms with Crippen molar-refractivity contribution < 1.29 is 4.79 Å². The van der Waals surface area contributed by atoms with Crippen molar-refractivity contribution in [2.24, 2.45) is 23.2 Å². The van der Waals surface area contributed by atoms with E-state index in [4.69, 9.17) is 0 Å². The topological polar surface area (TPSA) is 23.6 Å². The fourth-order valence-electron chi connectivity index (χ4n) is 6.35. The van der Waals surface area contributed by atoms with Crippen LogP contribution in [0.15, 0.2) is 0 Å². The Hall–Kier alpha value is -0.570. The summed E-state index contributed by atoms with van der Waals surface area (Å²) in [5.74, 6) is 3.09. The van der Waals surface area contributed by atoms with Gasteiger partial charge in [-0.1, -0.05) is 6.42 Å². The Morgan fingerprint density at radius 3 is 2.09 bits per heavy atom. The minimum absolute atomic E-state index is 0.0470. The summed E-state index contributed by atoms with van der Waals surface area (Å²) in [5, 5.41) is 0. The van der Waals surface area contributed by atoms with Gasteiger partial charge < -0.3 is 9.80 Å². The van der Waals surface area contributed by atoms with Crippen LogP contribution in [0.5, 0.6) is 0 Å². The van der Waals surface area contributed by atoms with Crippen LogP contribution in [-0.2, 0) is 4.79 Å². The third-order valence-electron chi connectivity index (χ3n) is 7.04. The molecule has 5 aliphatic rings. The standard InChI is InChI=1S/C19H32N2O/c1-20(7-8-21-5-3-2-4-6-21)18(22)19-12-15-9-16(13-19)11-17(10-15)14-19/h15-17H,2-14H2,1H3. The normalized spacial score (nSPS) is 40.9. The lowest BCUT2D eigenvalue weighted by Crippen LogP contribution is -2.54. The largest absolute Gasteiger partial charge is 0.344 e. The Morgan fingerprint density at radius 2 is 1.55 bits per heavy atom. The van der Waals surface area contributed by atoms with Crippen molar-refractivity contribution in [1.82, 2.24) is 9.80 Å². The third kappa shape index (κ3) is 2.70. The molecule has 124 valence electrons. The Bertz CT molecular complexity index is 392. The van der Waals surface area contributed by atoms with Crippen molar-refractivity contribution in [2.75, 3.05) is 33.2 Å². The molecule has 4 saturated carbocycles. The second-order valence-electron chi connectivity index (χ2n) is 8.83. The highest BCUT2D eigenvalue weighted by atomic mass is 16.2. The van der Waals surface area contributed by atoms with Crippen LogP contribution >= 0.6 is 0 Å².